The van der Waals surface area contributed by atoms with Crippen LogP contribution in [0.1, 0.15) is 5.69 Å². The molecule has 28 heavy (non-hydrogen) atoms. The van der Waals surface area contributed by atoms with E-state index in [1.165, 1.54) is 26.6 Å². The molecule has 0 radical (unpaired) electrons. The SMILES string of the molecule is CN(C)S(=O)(=O)n1cnc(I)c1.Cc1[nH]cnc1-c1ccc2[nH]nc(N)c2c1. The van der Waals surface area contributed by atoms with Crippen molar-refractivity contribution in [3.63, 3.8) is 0 Å². The van der Waals surface area contributed by atoms with Gasteiger partial charge in [-0.2, -0.15) is 17.8 Å². The third kappa shape index (κ3) is 4.02. The second kappa shape index (κ2) is 7.89. The lowest BCUT2D eigenvalue weighted by atomic mass is 10.1. The number of rotatable bonds is 3. The zero-order valence-electron chi connectivity index (χ0n) is 15.4. The molecule has 4 rings (SSSR count). The molecule has 0 aliphatic rings. The van der Waals surface area contributed by atoms with Crippen LogP contribution < -0.4 is 5.73 Å². The van der Waals surface area contributed by atoms with E-state index in [4.69, 9.17) is 5.73 Å². The van der Waals surface area contributed by atoms with Crippen LogP contribution in [-0.4, -0.2) is 55.9 Å². The second-order valence-electron chi connectivity index (χ2n) is 6.06. The molecular weight excluding hydrogens is 495 g/mol. The van der Waals surface area contributed by atoms with Gasteiger partial charge in [-0.25, -0.2) is 13.9 Å². The number of H-pyrrole nitrogens is 2. The Kier molecular flexibility index (Phi) is 5.71. The van der Waals surface area contributed by atoms with E-state index in [1.54, 1.807) is 6.33 Å². The lowest BCUT2D eigenvalue weighted by molar-refractivity contribution is 0.510. The van der Waals surface area contributed by atoms with Gasteiger partial charge in [0, 0.05) is 30.7 Å². The van der Waals surface area contributed by atoms with Crippen LogP contribution in [0.4, 0.5) is 5.82 Å². The summed E-state index contributed by atoms with van der Waals surface area (Å²) in [6, 6.07) is 5.96. The summed E-state index contributed by atoms with van der Waals surface area (Å²) in [4.78, 5) is 11.1. The van der Waals surface area contributed by atoms with Crippen molar-refractivity contribution in [3.05, 3.63) is 46.4 Å². The molecule has 4 aromatic rings. The number of hydrogen-bond donors (Lipinski definition) is 3. The number of aryl methyl sites for hydroxylation is 1. The normalized spacial score (nSPS) is 11.6. The minimum atomic E-state index is -3.37. The molecule has 4 N–H and O–H groups in total. The van der Waals surface area contributed by atoms with Gasteiger partial charge in [-0.05, 0) is 41.6 Å². The Morgan fingerprint density at radius 1 is 1.25 bits per heavy atom. The highest BCUT2D eigenvalue weighted by Gasteiger charge is 2.15. The van der Waals surface area contributed by atoms with Gasteiger partial charge >= 0.3 is 10.2 Å². The fourth-order valence-electron chi connectivity index (χ4n) is 2.43. The maximum atomic E-state index is 11.4. The number of fused-ring (bicyclic) bond motifs is 1. The number of benzene rings is 1. The van der Waals surface area contributed by atoms with E-state index in [9.17, 15) is 8.42 Å². The van der Waals surface area contributed by atoms with Crippen molar-refractivity contribution in [1.82, 2.24) is 33.4 Å². The van der Waals surface area contributed by atoms with Crippen LogP contribution in [0.15, 0.2) is 37.1 Å². The Hall–Kier alpha value is -2.45. The van der Waals surface area contributed by atoms with E-state index in [0.717, 1.165) is 36.1 Å². The maximum Gasteiger partial charge on any atom is 0.308 e. The molecule has 10 nitrogen and oxygen atoms in total. The number of imidazole rings is 2. The number of nitrogens with one attached hydrogen (secondary N) is 2. The summed E-state index contributed by atoms with van der Waals surface area (Å²) < 4.78 is 25.6. The molecule has 0 bridgehead atoms. The maximum absolute atomic E-state index is 11.4. The van der Waals surface area contributed by atoms with Gasteiger partial charge in [-0.1, -0.05) is 6.07 Å². The van der Waals surface area contributed by atoms with Crippen LogP contribution in [0.5, 0.6) is 0 Å². The zero-order valence-corrected chi connectivity index (χ0v) is 18.4. The molecule has 1 aromatic carbocycles. The highest BCUT2D eigenvalue weighted by atomic mass is 127. The quantitative estimate of drug-likeness (QED) is 0.358. The fraction of sp³-hybridized carbons (Fsp3) is 0.188. The molecule has 0 fully saturated rings. The van der Waals surface area contributed by atoms with Gasteiger partial charge in [-0.15, -0.1) is 0 Å². The zero-order chi connectivity index (χ0) is 20.5. The predicted molar refractivity (Wildman–Crippen MR) is 116 cm³/mol. The second-order valence-corrected chi connectivity index (χ2v) is 9.21. The highest BCUT2D eigenvalue weighted by Crippen LogP contribution is 2.26. The topological polar surface area (TPSA) is 139 Å². The van der Waals surface area contributed by atoms with Crippen molar-refractivity contribution in [2.45, 2.75) is 6.92 Å². The molecule has 0 saturated heterocycles. The van der Waals surface area contributed by atoms with E-state index >= 15 is 0 Å². The Balaban J connectivity index is 0.000000169. The summed E-state index contributed by atoms with van der Waals surface area (Å²) in [7, 11) is -0.425. The van der Waals surface area contributed by atoms with Gasteiger partial charge in [0.1, 0.15) is 10.0 Å². The van der Waals surface area contributed by atoms with E-state index in [-0.39, 0.29) is 0 Å². The van der Waals surface area contributed by atoms with Crippen LogP contribution in [-0.2, 0) is 10.2 Å². The predicted octanol–water partition coefficient (Wildman–Crippen LogP) is 1.99. The first-order valence-electron chi connectivity index (χ1n) is 8.06. The van der Waals surface area contributed by atoms with E-state index in [0.29, 0.717) is 9.52 Å². The molecule has 0 unspecified atom stereocenters. The van der Waals surface area contributed by atoms with Crippen molar-refractivity contribution in [1.29, 1.82) is 0 Å². The van der Waals surface area contributed by atoms with E-state index < -0.39 is 10.2 Å². The minimum absolute atomic E-state index is 0.519. The lowest BCUT2D eigenvalue weighted by Gasteiger charge is -2.10. The van der Waals surface area contributed by atoms with Crippen LogP contribution in [0.3, 0.4) is 0 Å². The molecule has 0 saturated carbocycles. The number of nitrogens with two attached hydrogens (primary N) is 1. The third-order valence-electron chi connectivity index (χ3n) is 3.95. The van der Waals surface area contributed by atoms with Crippen molar-refractivity contribution in [2.75, 3.05) is 19.8 Å². The summed E-state index contributed by atoms with van der Waals surface area (Å²) >= 11 is 1.95. The summed E-state index contributed by atoms with van der Waals surface area (Å²) in [6.07, 6.45) is 4.42. The van der Waals surface area contributed by atoms with Gasteiger partial charge in [0.05, 0.1) is 23.7 Å². The molecular formula is C16H19IN8O2S. The number of halogens is 1. The van der Waals surface area contributed by atoms with Gasteiger partial charge in [0.2, 0.25) is 0 Å². The summed E-state index contributed by atoms with van der Waals surface area (Å²) in [6.45, 7) is 1.99. The Bertz CT molecular complexity index is 1210. The molecule has 12 heteroatoms. The number of aromatic nitrogens is 6. The summed E-state index contributed by atoms with van der Waals surface area (Å²) in [5.41, 5.74) is 9.74. The molecule has 0 aliphatic heterocycles. The first-order chi connectivity index (χ1) is 13.2. The van der Waals surface area contributed by atoms with Crippen LogP contribution in [0.2, 0.25) is 0 Å². The Morgan fingerprint density at radius 2 is 2.00 bits per heavy atom. The summed E-state index contributed by atoms with van der Waals surface area (Å²) in [5.74, 6) is 0.519. The van der Waals surface area contributed by atoms with Crippen molar-refractivity contribution in [3.8, 4) is 11.3 Å². The number of anilines is 1. The van der Waals surface area contributed by atoms with Crippen LogP contribution in [0, 0.1) is 10.6 Å². The van der Waals surface area contributed by atoms with Crippen molar-refractivity contribution >= 4 is 49.5 Å². The molecule has 148 valence electrons. The number of aromatic amines is 2. The van der Waals surface area contributed by atoms with Crippen LogP contribution in [0.25, 0.3) is 22.2 Å². The Morgan fingerprint density at radius 3 is 2.57 bits per heavy atom. The number of nitrogen functional groups attached to an aromatic ring is 1. The van der Waals surface area contributed by atoms with E-state index in [1.807, 2.05) is 47.7 Å². The molecule has 3 aromatic heterocycles. The van der Waals surface area contributed by atoms with E-state index in [2.05, 4.69) is 25.1 Å². The largest absolute Gasteiger partial charge is 0.382 e. The molecule has 0 amide bonds. The monoisotopic (exact) mass is 514 g/mol. The first-order valence-corrected chi connectivity index (χ1v) is 10.5. The Labute approximate surface area is 175 Å². The lowest BCUT2D eigenvalue weighted by Crippen LogP contribution is -2.27. The third-order valence-corrected chi connectivity index (χ3v) is 6.16. The van der Waals surface area contributed by atoms with Crippen LogP contribution >= 0.6 is 22.6 Å². The number of hydrogen-bond acceptors (Lipinski definition) is 6. The smallest absolute Gasteiger partial charge is 0.308 e. The average molecular weight is 514 g/mol. The molecule has 0 spiro atoms. The van der Waals surface area contributed by atoms with Gasteiger partial charge in [0.15, 0.2) is 5.82 Å². The summed E-state index contributed by atoms with van der Waals surface area (Å²) in [5, 5.41) is 7.77. The fourth-order valence-corrected chi connectivity index (χ4v) is 3.82. The van der Waals surface area contributed by atoms with Gasteiger partial charge in [-0.3, -0.25) is 5.10 Å². The first kappa shape index (κ1) is 20.3. The van der Waals surface area contributed by atoms with Gasteiger partial charge in [0.25, 0.3) is 0 Å². The minimum Gasteiger partial charge on any atom is -0.382 e. The number of nitrogens with zero attached hydrogens (tertiary/aromatic N) is 5. The molecule has 0 aliphatic carbocycles. The average Bonchev–Trinajstić information content (AvgIpc) is 3.36. The van der Waals surface area contributed by atoms with Gasteiger partial charge < -0.3 is 10.7 Å². The van der Waals surface area contributed by atoms with Crippen molar-refractivity contribution < 1.29 is 8.42 Å². The highest BCUT2D eigenvalue weighted by molar-refractivity contribution is 14.1. The standard InChI is InChI=1S/C11H11N5.C5H8IN3O2S/c1-6-10(14-5-13-6)7-2-3-9-8(4-7)11(12)16-15-9;1-8(2)12(10,11)9-3-5(6)7-4-9/h2-5H,1H3,(H,13,14)(H3,12,15,16);3-4H,1-2H3. The molecule has 3 heterocycles. The van der Waals surface area contributed by atoms with Crippen molar-refractivity contribution in [2.24, 2.45) is 0 Å². The molecule has 0 atom stereocenters.